The first-order valence-corrected chi connectivity index (χ1v) is 5.54. The van der Waals surface area contributed by atoms with Crippen molar-refractivity contribution in [1.82, 2.24) is 9.80 Å². The number of carboxylic acid groups (broad SMARTS) is 1. The summed E-state index contributed by atoms with van der Waals surface area (Å²) in [5, 5.41) is 8.73. The van der Waals surface area contributed by atoms with Crippen molar-refractivity contribution < 1.29 is 9.90 Å². The van der Waals surface area contributed by atoms with Gasteiger partial charge < -0.3 is 5.11 Å². The highest BCUT2D eigenvalue weighted by Crippen LogP contribution is 2.27. The molecule has 0 spiro atoms. The molecule has 0 atom stereocenters. The molecule has 0 bridgehead atoms. The van der Waals surface area contributed by atoms with E-state index in [-0.39, 0.29) is 0 Å². The zero-order valence-corrected chi connectivity index (χ0v) is 8.98. The molecule has 0 unspecified atom stereocenters. The summed E-state index contributed by atoms with van der Waals surface area (Å²) in [6, 6.07) is 0.829. The van der Waals surface area contributed by atoms with Crippen LogP contribution in [0.25, 0.3) is 0 Å². The zero-order chi connectivity index (χ0) is 10.8. The Morgan fingerprint density at radius 1 is 1.27 bits per heavy atom. The van der Waals surface area contributed by atoms with E-state index in [4.69, 9.17) is 5.11 Å². The minimum atomic E-state index is -0.875. The van der Waals surface area contributed by atoms with Crippen molar-refractivity contribution in [1.29, 1.82) is 0 Å². The van der Waals surface area contributed by atoms with Crippen LogP contribution in [0.1, 0.15) is 12.8 Å². The third kappa shape index (κ3) is 2.79. The summed E-state index contributed by atoms with van der Waals surface area (Å²) in [7, 11) is 0. The Morgan fingerprint density at radius 3 is 2.33 bits per heavy atom. The van der Waals surface area contributed by atoms with E-state index < -0.39 is 5.97 Å². The number of aliphatic carboxylic acids is 1. The normalized spacial score (nSPS) is 24.0. The van der Waals surface area contributed by atoms with Gasteiger partial charge in [0, 0.05) is 44.3 Å². The van der Waals surface area contributed by atoms with Gasteiger partial charge in [-0.1, -0.05) is 6.58 Å². The van der Waals surface area contributed by atoms with Gasteiger partial charge in [0.2, 0.25) is 0 Å². The van der Waals surface area contributed by atoms with Crippen LogP contribution in [-0.4, -0.2) is 59.6 Å². The van der Waals surface area contributed by atoms with Crippen molar-refractivity contribution in [2.45, 2.75) is 18.9 Å². The molecule has 0 radical (unpaired) electrons. The maximum atomic E-state index is 10.6. The van der Waals surface area contributed by atoms with Crippen molar-refractivity contribution in [3.05, 3.63) is 12.2 Å². The van der Waals surface area contributed by atoms with Crippen LogP contribution in [0.3, 0.4) is 0 Å². The monoisotopic (exact) mass is 210 g/mol. The van der Waals surface area contributed by atoms with Gasteiger partial charge in [-0.3, -0.25) is 9.80 Å². The van der Waals surface area contributed by atoms with E-state index in [2.05, 4.69) is 16.4 Å². The second-order valence-corrected chi connectivity index (χ2v) is 4.45. The number of nitrogens with zero attached hydrogens (tertiary/aromatic N) is 2. The molecule has 1 saturated heterocycles. The third-order valence-corrected chi connectivity index (χ3v) is 3.19. The summed E-state index contributed by atoms with van der Waals surface area (Å²) in [5.41, 5.74) is 0.301. The van der Waals surface area contributed by atoms with Crippen molar-refractivity contribution in [2.75, 3.05) is 32.7 Å². The summed E-state index contributed by atoms with van der Waals surface area (Å²) in [5.74, 6) is -0.875. The quantitative estimate of drug-likeness (QED) is 0.682. The van der Waals surface area contributed by atoms with Gasteiger partial charge in [-0.25, -0.2) is 4.79 Å². The lowest BCUT2D eigenvalue weighted by molar-refractivity contribution is -0.132. The average Bonchev–Trinajstić information content (AvgIpc) is 3.02. The molecule has 4 heteroatoms. The van der Waals surface area contributed by atoms with Crippen LogP contribution in [0.15, 0.2) is 12.2 Å². The van der Waals surface area contributed by atoms with E-state index in [1.54, 1.807) is 0 Å². The minimum Gasteiger partial charge on any atom is -0.478 e. The average molecular weight is 210 g/mol. The molecule has 4 nitrogen and oxygen atoms in total. The number of carbonyl (C=O) groups is 1. The van der Waals surface area contributed by atoms with Crippen molar-refractivity contribution >= 4 is 5.97 Å². The molecule has 1 aliphatic carbocycles. The van der Waals surface area contributed by atoms with E-state index >= 15 is 0 Å². The van der Waals surface area contributed by atoms with E-state index in [1.807, 2.05) is 0 Å². The van der Waals surface area contributed by atoms with E-state index in [9.17, 15) is 4.79 Å². The van der Waals surface area contributed by atoms with Gasteiger partial charge in [0.15, 0.2) is 0 Å². The predicted molar refractivity (Wildman–Crippen MR) is 57.8 cm³/mol. The Labute approximate surface area is 90.2 Å². The largest absolute Gasteiger partial charge is 0.478 e. The van der Waals surface area contributed by atoms with Crippen LogP contribution in [0.5, 0.6) is 0 Å². The van der Waals surface area contributed by atoms with Crippen LogP contribution in [0, 0.1) is 0 Å². The molecule has 1 saturated carbocycles. The van der Waals surface area contributed by atoms with Gasteiger partial charge in [-0.05, 0) is 12.8 Å². The standard InChI is InChI=1S/C11H18N2O2/c1-9(11(14)15)8-12-4-6-13(7-5-12)10-2-3-10/h10H,1-8H2,(H,14,15). The maximum absolute atomic E-state index is 10.6. The topological polar surface area (TPSA) is 43.8 Å². The second kappa shape index (κ2) is 4.33. The number of piperazine rings is 1. The molecule has 1 N–H and O–H groups in total. The lowest BCUT2D eigenvalue weighted by Gasteiger charge is -2.34. The van der Waals surface area contributed by atoms with Crippen molar-refractivity contribution in [3.63, 3.8) is 0 Å². The fourth-order valence-corrected chi connectivity index (χ4v) is 2.06. The van der Waals surface area contributed by atoms with Gasteiger partial charge in [-0.15, -0.1) is 0 Å². The number of rotatable bonds is 4. The molecule has 2 rings (SSSR count). The molecule has 2 aliphatic rings. The molecular formula is C11H18N2O2. The molecule has 1 heterocycles. The van der Waals surface area contributed by atoms with Crippen molar-refractivity contribution in [3.8, 4) is 0 Å². The van der Waals surface area contributed by atoms with E-state index in [1.165, 1.54) is 12.8 Å². The fraction of sp³-hybridized carbons (Fsp3) is 0.727. The molecule has 0 aromatic heterocycles. The summed E-state index contributed by atoms with van der Waals surface area (Å²) in [6.45, 7) is 8.18. The lowest BCUT2D eigenvalue weighted by atomic mass is 10.2. The summed E-state index contributed by atoms with van der Waals surface area (Å²) in [6.07, 6.45) is 2.70. The Bertz CT molecular complexity index is 266. The van der Waals surface area contributed by atoms with Crippen LogP contribution < -0.4 is 0 Å². The predicted octanol–water partition coefficient (Wildman–Crippen LogP) is 0.407. The van der Waals surface area contributed by atoms with Crippen LogP contribution in [0.2, 0.25) is 0 Å². The highest BCUT2D eigenvalue weighted by molar-refractivity contribution is 5.86. The van der Waals surface area contributed by atoms with Gasteiger partial charge in [-0.2, -0.15) is 0 Å². The summed E-state index contributed by atoms with van der Waals surface area (Å²) >= 11 is 0. The minimum absolute atomic E-state index is 0.301. The molecule has 2 fully saturated rings. The van der Waals surface area contributed by atoms with Gasteiger partial charge >= 0.3 is 5.97 Å². The van der Waals surface area contributed by atoms with Crippen LogP contribution >= 0.6 is 0 Å². The molecule has 0 aromatic carbocycles. The molecular weight excluding hydrogens is 192 g/mol. The van der Waals surface area contributed by atoms with Gasteiger partial charge in [0.25, 0.3) is 0 Å². The van der Waals surface area contributed by atoms with Gasteiger partial charge in [0.1, 0.15) is 0 Å². The second-order valence-electron chi connectivity index (χ2n) is 4.45. The zero-order valence-electron chi connectivity index (χ0n) is 8.98. The molecule has 0 aromatic rings. The first kappa shape index (κ1) is 10.6. The number of carboxylic acids is 1. The smallest absolute Gasteiger partial charge is 0.332 e. The van der Waals surface area contributed by atoms with Gasteiger partial charge in [0.05, 0.1) is 0 Å². The highest BCUT2D eigenvalue weighted by atomic mass is 16.4. The summed E-state index contributed by atoms with van der Waals surface area (Å²) < 4.78 is 0. The Balaban J connectivity index is 1.73. The van der Waals surface area contributed by atoms with E-state index in [0.717, 1.165) is 32.2 Å². The maximum Gasteiger partial charge on any atom is 0.332 e. The fourth-order valence-electron chi connectivity index (χ4n) is 2.06. The van der Waals surface area contributed by atoms with Crippen LogP contribution in [-0.2, 0) is 4.79 Å². The molecule has 84 valence electrons. The Morgan fingerprint density at radius 2 is 1.87 bits per heavy atom. The van der Waals surface area contributed by atoms with Crippen LogP contribution in [0.4, 0.5) is 0 Å². The highest BCUT2D eigenvalue weighted by Gasteiger charge is 2.31. The SMILES string of the molecule is C=C(CN1CCN(C2CC2)CC1)C(=O)O. The number of hydrogen-bond donors (Lipinski definition) is 1. The van der Waals surface area contributed by atoms with E-state index in [0.29, 0.717) is 12.1 Å². The first-order chi connectivity index (χ1) is 7.16. The number of hydrogen-bond acceptors (Lipinski definition) is 3. The Kier molecular flexibility index (Phi) is 3.07. The lowest BCUT2D eigenvalue weighted by Crippen LogP contribution is -2.47. The molecule has 1 aliphatic heterocycles. The molecule has 15 heavy (non-hydrogen) atoms. The first-order valence-electron chi connectivity index (χ1n) is 5.54. The third-order valence-electron chi connectivity index (χ3n) is 3.19. The molecule has 0 amide bonds. The Hall–Kier alpha value is -0.870. The summed E-state index contributed by atoms with van der Waals surface area (Å²) in [4.78, 5) is 15.3. The van der Waals surface area contributed by atoms with Crippen molar-refractivity contribution in [2.24, 2.45) is 0 Å².